The number of hydrogen-bond donors (Lipinski definition) is 0. The third-order valence-corrected chi connectivity index (χ3v) is 3.55. The third-order valence-electron chi connectivity index (χ3n) is 3.55. The Labute approximate surface area is 114 Å². The van der Waals surface area contributed by atoms with Gasteiger partial charge in [-0.05, 0) is 45.1 Å². The SMILES string of the molecule is CC1CN(C)CCCN1C(=O)c1cccc(C#N)c1. The van der Waals surface area contributed by atoms with E-state index < -0.39 is 0 Å². The number of benzene rings is 1. The lowest BCUT2D eigenvalue weighted by molar-refractivity contribution is 0.0696. The minimum Gasteiger partial charge on any atom is -0.335 e. The molecule has 0 radical (unpaired) electrons. The molecule has 0 spiro atoms. The molecule has 1 aromatic carbocycles. The maximum absolute atomic E-state index is 12.5. The van der Waals surface area contributed by atoms with Crippen molar-refractivity contribution in [3.8, 4) is 6.07 Å². The van der Waals surface area contributed by atoms with E-state index in [-0.39, 0.29) is 11.9 Å². The van der Waals surface area contributed by atoms with Gasteiger partial charge in [-0.2, -0.15) is 5.26 Å². The summed E-state index contributed by atoms with van der Waals surface area (Å²) in [5.74, 6) is 0.0277. The molecule has 0 aliphatic carbocycles. The molecule has 1 aliphatic heterocycles. The lowest BCUT2D eigenvalue weighted by Crippen LogP contribution is -2.42. The van der Waals surface area contributed by atoms with E-state index in [1.807, 2.05) is 4.90 Å². The number of carbonyl (C=O) groups excluding carboxylic acids is 1. The number of amides is 1. The number of likely N-dealkylation sites (N-methyl/N-ethyl adjacent to an activating group) is 1. The summed E-state index contributed by atoms with van der Waals surface area (Å²) in [6, 6.07) is 9.21. The Bertz CT molecular complexity index is 506. The third kappa shape index (κ3) is 3.12. The van der Waals surface area contributed by atoms with Crippen molar-refractivity contribution in [1.82, 2.24) is 9.80 Å². The van der Waals surface area contributed by atoms with E-state index in [1.165, 1.54) is 0 Å². The van der Waals surface area contributed by atoms with Crippen LogP contribution in [0.3, 0.4) is 0 Å². The highest BCUT2D eigenvalue weighted by Gasteiger charge is 2.24. The van der Waals surface area contributed by atoms with Gasteiger partial charge in [0.2, 0.25) is 0 Å². The van der Waals surface area contributed by atoms with Crippen molar-refractivity contribution < 1.29 is 4.79 Å². The standard InChI is InChI=1S/C15H19N3O/c1-12-11-17(2)7-4-8-18(12)15(19)14-6-3-5-13(9-14)10-16/h3,5-6,9,12H,4,7-8,11H2,1-2H3. The zero-order valence-electron chi connectivity index (χ0n) is 11.5. The van der Waals surface area contributed by atoms with Gasteiger partial charge in [-0.25, -0.2) is 0 Å². The molecule has 4 nitrogen and oxygen atoms in total. The monoisotopic (exact) mass is 257 g/mol. The van der Waals surface area contributed by atoms with Crippen molar-refractivity contribution in [1.29, 1.82) is 5.26 Å². The summed E-state index contributed by atoms with van der Waals surface area (Å²) in [5.41, 5.74) is 1.14. The molecule has 4 heteroatoms. The van der Waals surface area contributed by atoms with Crippen LogP contribution in [0.1, 0.15) is 29.3 Å². The largest absolute Gasteiger partial charge is 0.335 e. The summed E-state index contributed by atoms with van der Waals surface area (Å²) in [7, 11) is 2.08. The van der Waals surface area contributed by atoms with Crippen LogP contribution in [0, 0.1) is 11.3 Å². The van der Waals surface area contributed by atoms with Crippen molar-refractivity contribution in [2.45, 2.75) is 19.4 Å². The summed E-state index contributed by atoms with van der Waals surface area (Å²) in [6.45, 7) is 4.77. The second-order valence-corrected chi connectivity index (χ2v) is 5.16. The molecule has 0 aromatic heterocycles. The molecular weight excluding hydrogens is 238 g/mol. The topological polar surface area (TPSA) is 47.3 Å². The van der Waals surface area contributed by atoms with E-state index in [4.69, 9.17) is 5.26 Å². The number of rotatable bonds is 1. The Hall–Kier alpha value is -1.86. The van der Waals surface area contributed by atoms with Crippen LogP contribution in [0.15, 0.2) is 24.3 Å². The molecule has 1 fully saturated rings. The highest BCUT2D eigenvalue weighted by molar-refractivity contribution is 5.94. The van der Waals surface area contributed by atoms with Crippen molar-refractivity contribution in [3.05, 3.63) is 35.4 Å². The van der Waals surface area contributed by atoms with Gasteiger partial charge in [0.05, 0.1) is 11.6 Å². The Morgan fingerprint density at radius 1 is 1.42 bits per heavy atom. The van der Waals surface area contributed by atoms with E-state index >= 15 is 0 Å². The molecule has 1 heterocycles. The van der Waals surface area contributed by atoms with Crippen LogP contribution in [-0.2, 0) is 0 Å². The van der Waals surface area contributed by atoms with E-state index in [2.05, 4.69) is 24.9 Å². The summed E-state index contributed by atoms with van der Waals surface area (Å²) >= 11 is 0. The molecule has 1 amide bonds. The first-order chi connectivity index (χ1) is 9.11. The first-order valence-electron chi connectivity index (χ1n) is 6.61. The van der Waals surface area contributed by atoms with E-state index in [1.54, 1.807) is 24.3 Å². The fourth-order valence-corrected chi connectivity index (χ4v) is 2.56. The van der Waals surface area contributed by atoms with Gasteiger partial charge in [0, 0.05) is 24.7 Å². The predicted molar refractivity (Wildman–Crippen MR) is 73.8 cm³/mol. The van der Waals surface area contributed by atoms with Gasteiger partial charge in [-0.3, -0.25) is 4.79 Å². The summed E-state index contributed by atoms with van der Waals surface area (Å²) in [6.07, 6.45) is 0.991. The van der Waals surface area contributed by atoms with Gasteiger partial charge < -0.3 is 9.80 Å². The second-order valence-electron chi connectivity index (χ2n) is 5.16. The quantitative estimate of drug-likeness (QED) is 0.769. The molecular formula is C15H19N3O. The van der Waals surface area contributed by atoms with Crippen LogP contribution in [0.2, 0.25) is 0 Å². The molecule has 0 saturated carbocycles. The Balaban J connectivity index is 2.20. The van der Waals surface area contributed by atoms with Gasteiger partial charge in [0.15, 0.2) is 0 Å². The maximum Gasteiger partial charge on any atom is 0.254 e. The molecule has 1 unspecified atom stereocenters. The van der Waals surface area contributed by atoms with Crippen LogP contribution in [0.25, 0.3) is 0 Å². The minimum atomic E-state index is 0.0277. The normalized spacial score (nSPS) is 20.7. The smallest absolute Gasteiger partial charge is 0.254 e. The predicted octanol–water partition coefficient (Wildman–Crippen LogP) is 1.72. The highest BCUT2D eigenvalue weighted by Crippen LogP contribution is 2.14. The van der Waals surface area contributed by atoms with Crippen molar-refractivity contribution in [3.63, 3.8) is 0 Å². The van der Waals surface area contributed by atoms with E-state index in [0.717, 1.165) is 26.1 Å². The molecule has 0 bridgehead atoms. The number of nitrogens with zero attached hydrogens (tertiary/aromatic N) is 3. The molecule has 1 aromatic rings. The second kappa shape index (κ2) is 5.85. The average Bonchev–Trinajstić information content (AvgIpc) is 2.58. The van der Waals surface area contributed by atoms with Gasteiger partial charge in [0.1, 0.15) is 0 Å². The van der Waals surface area contributed by atoms with Gasteiger partial charge in [-0.15, -0.1) is 0 Å². The highest BCUT2D eigenvalue weighted by atomic mass is 16.2. The Kier molecular flexibility index (Phi) is 4.18. The van der Waals surface area contributed by atoms with Gasteiger partial charge in [0.25, 0.3) is 5.91 Å². The lowest BCUT2D eigenvalue weighted by Gasteiger charge is -2.28. The summed E-state index contributed by atoms with van der Waals surface area (Å²) in [5, 5.41) is 8.90. The maximum atomic E-state index is 12.5. The van der Waals surface area contributed by atoms with E-state index in [9.17, 15) is 4.79 Å². The number of nitriles is 1. The van der Waals surface area contributed by atoms with Gasteiger partial charge in [-0.1, -0.05) is 6.07 Å². The van der Waals surface area contributed by atoms with E-state index in [0.29, 0.717) is 11.1 Å². The van der Waals surface area contributed by atoms with Crippen LogP contribution < -0.4 is 0 Å². The van der Waals surface area contributed by atoms with Crippen molar-refractivity contribution in [2.75, 3.05) is 26.7 Å². The molecule has 1 atom stereocenters. The summed E-state index contributed by atoms with van der Waals surface area (Å²) in [4.78, 5) is 16.7. The Morgan fingerprint density at radius 2 is 2.21 bits per heavy atom. The zero-order chi connectivity index (χ0) is 13.8. The number of carbonyl (C=O) groups is 1. The summed E-state index contributed by atoms with van der Waals surface area (Å²) < 4.78 is 0. The molecule has 0 N–H and O–H groups in total. The van der Waals surface area contributed by atoms with Gasteiger partial charge >= 0.3 is 0 Å². The zero-order valence-corrected chi connectivity index (χ0v) is 11.5. The molecule has 1 saturated heterocycles. The van der Waals surface area contributed by atoms with Crippen molar-refractivity contribution in [2.24, 2.45) is 0 Å². The molecule has 100 valence electrons. The number of hydrogen-bond acceptors (Lipinski definition) is 3. The van der Waals surface area contributed by atoms with Crippen LogP contribution >= 0.6 is 0 Å². The molecule has 1 aliphatic rings. The average molecular weight is 257 g/mol. The fourth-order valence-electron chi connectivity index (χ4n) is 2.56. The lowest BCUT2D eigenvalue weighted by atomic mass is 10.1. The van der Waals surface area contributed by atoms with Crippen LogP contribution in [-0.4, -0.2) is 48.4 Å². The molecule has 19 heavy (non-hydrogen) atoms. The van der Waals surface area contributed by atoms with Crippen LogP contribution in [0.5, 0.6) is 0 Å². The van der Waals surface area contributed by atoms with Crippen LogP contribution in [0.4, 0.5) is 0 Å². The first kappa shape index (κ1) is 13.6. The Morgan fingerprint density at radius 3 is 2.95 bits per heavy atom. The van der Waals surface area contributed by atoms with Crippen molar-refractivity contribution >= 4 is 5.91 Å². The fraction of sp³-hybridized carbons (Fsp3) is 0.467. The minimum absolute atomic E-state index is 0.0277. The first-order valence-corrected chi connectivity index (χ1v) is 6.61. The molecule has 2 rings (SSSR count).